The van der Waals surface area contributed by atoms with E-state index in [9.17, 15) is 13.2 Å². The smallest absolute Gasteiger partial charge is 0.372 e. The monoisotopic (exact) mass is 325 g/mol. The Hall–Kier alpha value is -2.38. The Balaban J connectivity index is 2.34. The molecule has 1 heterocycles. The van der Waals surface area contributed by atoms with E-state index in [1.165, 1.54) is 7.05 Å². The lowest BCUT2D eigenvalue weighted by Gasteiger charge is -2.20. The van der Waals surface area contributed by atoms with Gasteiger partial charge >= 0.3 is 6.18 Å². The summed E-state index contributed by atoms with van der Waals surface area (Å²) in [5, 5.41) is 11.9. The quantitative estimate of drug-likeness (QED) is 0.922. The average molecular weight is 325 g/mol. The van der Waals surface area contributed by atoms with Crippen molar-refractivity contribution >= 4 is 28.6 Å². The number of hydrogen-bond acceptors (Lipinski definition) is 4. The van der Waals surface area contributed by atoms with E-state index in [0.29, 0.717) is 5.69 Å². The fourth-order valence-corrected chi connectivity index (χ4v) is 2.27. The van der Waals surface area contributed by atoms with E-state index >= 15 is 0 Å². The summed E-state index contributed by atoms with van der Waals surface area (Å²) in [6.45, 7) is 5.73. The first-order valence-corrected chi connectivity index (χ1v) is 7.20. The fourth-order valence-electron chi connectivity index (χ4n) is 2.27. The van der Waals surface area contributed by atoms with E-state index in [1.54, 1.807) is 24.3 Å². The molecule has 0 saturated carbocycles. The Bertz CT molecular complexity index is 642. The molecule has 23 heavy (non-hydrogen) atoms. The van der Waals surface area contributed by atoms with Crippen LogP contribution in [0.25, 0.3) is 0 Å². The summed E-state index contributed by atoms with van der Waals surface area (Å²) < 4.78 is 38.9. The molecule has 0 saturated heterocycles. The van der Waals surface area contributed by atoms with Crippen LogP contribution in [0.3, 0.4) is 0 Å². The van der Waals surface area contributed by atoms with Crippen molar-refractivity contribution in [3.63, 3.8) is 0 Å². The first-order chi connectivity index (χ1) is 10.8. The molecule has 0 aromatic heterocycles. The molecular formula is C15H18F3N5. The minimum absolute atomic E-state index is 0.355. The Labute approximate surface area is 132 Å². The van der Waals surface area contributed by atoms with Crippen LogP contribution in [0.4, 0.5) is 24.5 Å². The molecule has 124 valence electrons. The van der Waals surface area contributed by atoms with Crippen LogP contribution < -0.4 is 4.90 Å². The molecule has 0 aliphatic carbocycles. The minimum Gasteiger partial charge on any atom is -0.372 e. The number of nitrogens with one attached hydrogen (secondary N) is 1. The molecular weight excluding hydrogens is 307 g/mol. The number of nitrogens with zero attached hydrogens (tertiary/aromatic N) is 4. The topological polar surface area (TPSA) is 55.1 Å². The second-order valence-electron chi connectivity index (χ2n) is 4.97. The van der Waals surface area contributed by atoms with Crippen molar-refractivity contribution in [1.29, 1.82) is 5.41 Å². The molecule has 0 unspecified atom stereocenters. The van der Waals surface area contributed by atoms with Gasteiger partial charge in [0.05, 0.1) is 5.69 Å². The number of benzene rings is 1. The first kappa shape index (κ1) is 17.0. The predicted octanol–water partition coefficient (Wildman–Crippen LogP) is 3.45. The van der Waals surface area contributed by atoms with Crippen LogP contribution in [0.15, 0.2) is 34.4 Å². The summed E-state index contributed by atoms with van der Waals surface area (Å²) >= 11 is 0. The summed E-state index contributed by atoms with van der Waals surface area (Å²) in [6, 6.07) is 6.89. The number of alkyl halides is 3. The first-order valence-electron chi connectivity index (χ1n) is 7.20. The highest BCUT2D eigenvalue weighted by Crippen LogP contribution is 2.26. The highest BCUT2D eigenvalue weighted by molar-refractivity contribution is 6.70. The summed E-state index contributed by atoms with van der Waals surface area (Å²) in [4.78, 5) is 6.09. The Kier molecular flexibility index (Phi) is 4.72. The fraction of sp³-hybridized carbons (Fsp3) is 0.400. The lowest BCUT2D eigenvalue weighted by atomic mass is 10.2. The van der Waals surface area contributed by atoms with E-state index < -0.39 is 17.6 Å². The minimum atomic E-state index is -4.64. The molecule has 5 nitrogen and oxygen atoms in total. The van der Waals surface area contributed by atoms with Gasteiger partial charge in [-0.05, 0) is 38.1 Å². The molecule has 1 aliphatic rings. The summed E-state index contributed by atoms with van der Waals surface area (Å²) in [7, 11) is 1.29. The van der Waals surface area contributed by atoms with Crippen molar-refractivity contribution in [2.24, 2.45) is 10.1 Å². The summed E-state index contributed by atoms with van der Waals surface area (Å²) in [5.41, 5.74) is -0.274. The standard InChI is InChI=1S/C15H18F3N5/c1-4-23(5-2)11-8-6-10(7-9-11)20-12-13(15(16,17)18)21-22(3)14(12)19/h6-9,19H,4-5H2,1-3H3. The van der Waals surface area contributed by atoms with Crippen LogP contribution in [0.2, 0.25) is 0 Å². The van der Waals surface area contributed by atoms with Gasteiger partial charge < -0.3 is 4.90 Å². The highest BCUT2D eigenvalue weighted by Gasteiger charge is 2.45. The zero-order valence-electron chi connectivity index (χ0n) is 13.1. The van der Waals surface area contributed by atoms with Crippen LogP contribution in [-0.2, 0) is 0 Å². The average Bonchev–Trinajstić information content (AvgIpc) is 2.78. The number of anilines is 1. The summed E-state index contributed by atoms with van der Waals surface area (Å²) in [5.74, 6) is -0.370. The lowest BCUT2D eigenvalue weighted by molar-refractivity contribution is -0.0570. The SMILES string of the molecule is CCN(CC)c1ccc(N=C2C(=N)N(C)N=C2C(F)(F)F)cc1. The maximum absolute atomic E-state index is 13.0. The third-order valence-corrected chi connectivity index (χ3v) is 3.51. The van der Waals surface area contributed by atoms with E-state index in [-0.39, 0.29) is 5.84 Å². The Morgan fingerprint density at radius 3 is 2.22 bits per heavy atom. The van der Waals surface area contributed by atoms with Gasteiger partial charge in [0, 0.05) is 25.8 Å². The largest absolute Gasteiger partial charge is 0.437 e. The predicted molar refractivity (Wildman–Crippen MR) is 86.1 cm³/mol. The molecule has 0 atom stereocenters. The third kappa shape index (κ3) is 3.52. The van der Waals surface area contributed by atoms with Crippen molar-refractivity contribution in [3.05, 3.63) is 24.3 Å². The Morgan fingerprint density at radius 1 is 1.17 bits per heavy atom. The van der Waals surface area contributed by atoms with Crippen LogP contribution in [0.5, 0.6) is 0 Å². The number of hydrogen-bond donors (Lipinski definition) is 1. The molecule has 0 bridgehead atoms. The maximum atomic E-state index is 13.0. The lowest BCUT2D eigenvalue weighted by Crippen LogP contribution is -2.32. The number of amidine groups is 1. The molecule has 1 aromatic carbocycles. The van der Waals surface area contributed by atoms with E-state index in [4.69, 9.17) is 5.41 Å². The van der Waals surface area contributed by atoms with Crippen LogP contribution >= 0.6 is 0 Å². The van der Waals surface area contributed by atoms with Gasteiger partial charge in [0.1, 0.15) is 5.71 Å². The van der Waals surface area contributed by atoms with Crippen LogP contribution in [0.1, 0.15) is 13.8 Å². The number of halogens is 3. The molecule has 1 aliphatic heterocycles. The van der Waals surface area contributed by atoms with Gasteiger partial charge in [-0.3, -0.25) is 5.41 Å². The maximum Gasteiger partial charge on any atom is 0.437 e. The second-order valence-corrected chi connectivity index (χ2v) is 4.97. The van der Waals surface area contributed by atoms with E-state index in [2.05, 4.69) is 15.0 Å². The van der Waals surface area contributed by atoms with Crippen LogP contribution in [-0.4, -0.2) is 48.6 Å². The second kappa shape index (κ2) is 6.39. The number of hydrazone groups is 1. The van der Waals surface area contributed by atoms with Crippen molar-refractivity contribution < 1.29 is 13.2 Å². The molecule has 1 aromatic rings. The third-order valence-electron chi connectivity index (χ3n) is 3.51. The molecule has 1 N–H and O–H groups in total. The highest BCUT2D eigenvalue weighted by atomic mass is 19.4. The molecule has 8 heteroatoms. The molecule has 2 rings (SSSR count). The van der Waals surface area contributed by atoms with Gasteiger partial charge in [-0.1, -0.05) is 0 Å². The zero-order chi connectivity index (χ0) is 17.2. The molecule has 0 radical (unpaired) electrons. The Morgan fingerprint density at radius 2 is 1.74 bits per heavy atom. The normalized spacial score (nSPS) is 17.0. The van der Waals surface area contributed by atoms with Crippen molar-refractivity contribution in [2.45, 2.75) is 20.0 Å². The van der Waals surface area contributed by atoms with Crippen LogP contribution in [0, 0.1) is 5.41 Å². The van der Waals surface area contributed by atoms with Gasteiger partial charge in [-0.2, -0.15) is 18.3 Å². The van der Waals surface area contributed by atoms with Gasteiger partial charge in [0.15, 0.2) is 11.5 Å². The van der Waals surface area contributed by atoms with Gasteiger partial charge in [-0.15, -0.1) is 0 Å². The number of aliphatic imine (C=N–C) groups is 1. The number of rotatable bonds is 4. The van der Waals surface area contributed by atoms with Crippen molar-refractivity contribution in [3.8, 4) is 0 Å². The van der Waals surface area contributed by atoms with E-state index in [1.807, 2.05) is 13.8 Å². The van der Waals surface area contributed by atoms with Gasteiger partial charge in [0.25, 0.3) is 0 Å². The van der Waals surface area contributed by atoms with Gasteiger partial charge in [-0.25, -0.2) is 10.0 Å². The molecule has 0 fully saturated rings. The summed E-state index contributed by atoms with van der Waals surface area (Å²) in [6.07, 6.45) is -4.64. The van der Waals surface area contributed by atoms with Crippen molar-refractivity contribution in [1.82, 2.24) is 5.01 Å². The molecule has 0 spiro atoms. The zero-order valence-corrected chi connectivity index (χ0v) is 13.1. The molecule has 0 amide bonds. The van der Waals surface area contributed by atoms with Gasteiger partial charge in [0.2, 0.25) is 0 Å². The van der Waals surface area contributed by atoms with E-state index in [0.717, 1.165) is 23.8 Å². The van der Waals surface area contributed by atoms with Crippen molar-refractivity contribution in [2.75, 3.05) is 25.0 Å².